The van der Waals surface area contributed by atoms with Crippen molar-refractivity contribution in [2.45, 2.75) is 0 Å². The highest BCUT2D eigenvalue weighted by Crippen LogP contribution is 2.13. The normalized spacial score (nSPS) is 10.0. The number of ether oxygens (including phenoxy) is 1. The molecule has 70 valence electrons. The molecular formula is C8H8FIO2Si. The molecule has 1 aromatic carbocycles. The van der Waals surface area contributed by atoms with Crippen LogP contribution in [0.4, 0.5) is 4.39 Å². The molecule has 0 bridgehead atoms. The van der Waals surface area contributed by atoms with Gasteiger partial charge in [-0.3, -0.25) is 0 Å². The third kappa shape index (κ3) is 2.77. The number of carbonyl (C=O) groups is 1. The van der Waals surface area contributed by atoms with Crippen LogP contribution in [0.1, 0.15) is 10.4 Å². The molecule has 1 rings (SSSR count). The molecular weight excluding hydrogens is 302 g/mol. The topological polar surface area (TPSA) is 26.3 Å². The van der Waals surface area contributed by atoms with E-state index in [4.69, 9.17) is 4.74 Å². The van der Waals surface area contributed by atoms with Crippen molar-refractivity contribution in [3.63, 3.8) is 0 Å². The number of rotatable bonds is 2. The van der Waals surface area contributed by atoms with E-state index in [1.807, 2.05) is 22.6 Å². The summed E-state index contributed by atoms with van der Waals surface area (Å²) >= 11 is 1.84. The Labute approximate surface area is 92.0 Å². The maximum absolute atomic E-state index is 12.8. The van der Waals surface area contributed by atoms with Crippen LogP contribution in [0.25, 0.3) is 0 Å². The highest BCUT2D eigenvalue weighted by molar-refractivity contribution is 14.1. The van der Waals surface area contributed by atoms with Gasteiger partial charge in [-0.25, -0.2) is 9.18 Å². The van der Waals surface area contributed by atoms with Gasteiger partial charge < -0.3 is 4.74 Å². The molecule has 0 atom stereocenters. The first kappa shape index (κ1) is 10.6. The lowest BCUT2D eigenvalue weighted by atomic mass is 10.2. The first-order valence-corrected chi connectivity index (χ1v) is 6.26. The van der Waals surface area contributed by atoms with Crippen molar-refractivity contribution in [1.29, 1.82) is 0 Å². The van der Waals surface area contributed by atoms with E-state index in [0.29, 0.717) is 15.4 Å². The molecule has 0 heterocycles. The van der Waals surface area contributed by atoms with E-state index < -0.39 is 0 Å². The highest BCUT2D eigenvalue weighted by Gasteiger charge is 2.08. The van der Waals surface area contributed by atoms with Crippen LogP contribution < -0.4 is 0 Å². The molecule has 13 heavy (non-hydrogen) atoms. The monoisotopic (exact) mass is 310 g/mol. The van der Waals surface area contributed by atoms with Crippen molar-refractivity contribution < 1.29 is 13.9 Å². The van der Waals surface area contributed by atoms with Gasteiger partial charge >= 0.3 is 5.97 Å². The van der Waals surface area contributed by atoms with Crippen molar-refractivity contribution in [2.75, 3.05) is 6.23 Å². The fraction of sp³-hybridized carbons (Fsp3) is 0.125. The summed E-state index contributed by atoms with van der Waals surface area (Å²) in [4.78, 5) is 11.2. The highest BCUT2D eigenvalue weighted by atomic mass is 127. The molecule has 0 amide bonds. The largest absolute Gasteiger partial charge is 0.467 e. The predicted molar refractivity (Wildman–Crippen MR) is 59.3 cm³/mol. The van der Waals surface area contributed by atoms with Crippen molar-refractivity contribution in [1.82, 2.24) is 0 Å². The molecule has 0 radical (unpaired) electrons. The van der Waals surface area contributed by atoms with E-state index >= 15 is 0 Å². The fourth-order valence-electron chi connectivity index (χ4n) is 0.838. The number of halogens is 2. The van der Waals surface area contributed by atoms with Crippen LogP contribution in [0.3, 0.4) is 0 Å². The van der Waals surface area contributed by atoms with Crippen molar-refractivity contribution >= 4 is 38.8 Å². The summed E-state index contributed by atoms with van der Waals surface area (Å²) in [6, 6.07) is 4.18. The summed E-state index contributed by atoms with van der Waals surface area (Å²) in [5.74, 6) is -0.698. The van der Waals surface area contributed by atoms with E-state index in [9.17, 15) is 9.18 Å². The second-order valence-electron chi connectivity index (χ2n) is 2.35. The van der Waals surface area contributed by atoms with Crippen molar-refractivity contribution in [2.24, 2.45) is 0 Å². The molecule has 2 nitrogen and oxygen atoms in total. The predicted octanol–water partition coefficient (Wildman–Crippen LogP) is 0.910. The van der Waals surface area contributed by atoms with Crippen LogP contribution in [0.5, 0.6) is 0 Å². The molecule has 0 saturated heterocycles. The summed E-state index contributed by atoms with van der Waals surface area (Å²) in [6.07, 6.45) is 0.465. The molecule has 1 aromatic rings. The lowest BCUT2D eigenvalue weighted by Gasteiger charge is -2.02. The Bertz CT molecular complexity index is 330. The summed E-state index contributed by atoms with van der Waals surface area (Å²) in [7, 11) is 0.815. The molecule has 0 aromatic heterocycles. The molecule has 0 N–H and O–H groups in total. The number of hydrogen-bond donors (Lipinski definition) is 0. The third-order valence-corrected chi connectivity index (χ3v) is 2.55. The summed E-state index contributed by atoms with van der Waals surface area (Å²) in [5.41, 5.74) is 0.404. The Morgan fingerprint density at radius 2 is 2.31 bits per heavy atom. The first-order valence-electron chi connectivity index (χ1n) is 3.77. The first-order chi connectivity index (χ1) is 6.15. The number of hydrogen-bond acceptors (Lipinski definition) is 2. The SMILES string of the molecule is O=C(OC[SiH3])c1ccc(F)c(I)c1. The molecule has 0 unspecified atom stereocenters. The van der Waals surface area contributed by atoms with Gasteiger partial charge in [0, 0.05) is 3.57 Å². The lowest BCUT2D eigenvalue weighted by Crippen LogP contribution is -2.06. The van der Waals surface area contributed by atoms with Gasteiger partial charge in [-0.15, -0.1) is 0 Å². The van der Waals surface area contributed by atoms with Crippen LogP contribution in [0.2, 0.25) is 0 Å². The quantitative estimate of drug-likeness (QED) is 0.461. The smallest absolute Gasteiger partial charge is 0.337 e. The van der Waals surface area contributed by atoms with Crippen LogP contribution in [0.15, 0.2) is 18.2 Å². The maximum atomic E-state index is 12.8. The molecule has 0 saturated carbocycles. The second-order valence-corrected chi connectivity index (χ2v) is 4.09. The minimum atomic E-state index is -0.382. The van der Waals surface area contributed by atoms with Crippen LogP contribution in [0, 0.1) is 9.39 Å². The Hall–Kier alpha value is -0.433. The van der Waals surface area contributed by atoms with E-state index in [0.717, 1.165) is 10.2 Å². The van der Waals surface area contributed by atoms with E-state index in [-0.39, 0.29) is 11.8 Å². The Morgan fingerprint density at radius 3 is 2.85 bits per heavy atom. The van der Waals surface area contributed by atoms with Crippen LogP contribution >= 0.6 is 22.6 Å². The van der Waals surface area contributed by atoms with Crippen LogP contribution in [-0.4, -0.2) is 22.4 Å². The van der Waals surface area contributed by atoms with Gasteiger partial charge in [-0.1, -0.05) is 0 Å². The average Bonchev–Trinajstić information content (AvgIpc) is 2.10. The van der Waals surface area contributed by atoms with Crippen LogP contribution in [-0.2, 0) is 4.74 Å². The number of esters is 1. The molecule has 5 heteroatoms. The van der Waals surface area contributed by atoms with Gasteiger partial charge in [0.1, 0.15) is 5.82 Å². The molecule has 0 spiro atoms. The third-order valence-electron chi connectivity index (χ3n) is 1.43. The van der Waals surface area contributed by atoms with Gasteiger partial charge in [0.15, 0.2) is 0 Å². The number of carbonyl (C=O) groups excluding carboxylic acids is 1. The Morgan fingerprint density at radius 1 is 1.62 bits per heavy atom. The summed E-state index contributed by atoms with van der Waals surface area (Å²) in [6.45, 7) is 0. The zero-order valence-corrected chi connectivity index (χ0v) is 11.2. The zero-order valence-electron chi connectivity index (χ0n) is 7.01. The minimum Gasteiger partial charge on any atom is -0.467 e. The molecule has 0 aliphatic heterocycles. The molecule has 0 aliphatic rings. The van der Waals surface area contributed by atoms with Crippen molar-refractivity contribution in [3.8, 4) is 0 Å². The minimum absolute atomic E-state index is 0.317. The van der Waals surface area contributed by atoms with Gasteiger partial charge in [0.2, 0.25) is 0 Å². The second kappa shape index (κ2) is 4.71. The lowest BCUT2D eigenvalue weighted by molar-refractivity contribution is 0.0573. The van der Waals surface area contributed by atoms with E-state index in [2.05, 4.69) is 0 Å². The van der Waals surface area contributed by atoms with Gasteiger partial charge in [-0.05, 0) is 40.8 Å². The average molecular weight is 310 g/mol. The molecule has 0 aliphatic carbocycles. The maximum Gasteiger partial charge on any atom is 0.337 e. The van der Waals surface area contributed by atoms with Gasteiger partial charge in [0.25, 0.3) is 0 Å². The summed E-state index contributed by atoms with van der Waals surface area (Å²) in [5, 5.41) is 0. The Kier molecular flexibility index (Phi) is 3.85. The standard InChI is InChI=1S/C8H8FIO2Si/c9-6-2-1-5(3-7(6)10)8(11)12-4-13/h1-3H,4H2,13H3. The van der Waals surface area contributed by atoms with E-state index in [1.54, 1.807) is 0 Å². The van der Waals surface area contributed by atoms with E-state index in [1.165, 1.54) is 18.2 Å². The van der Waals surface area contributed by atoms with Gasteiger partial charge in [0.05, 0.1) is 22.0 Å². The number of benzene rings is 1. The van der Waals surface area contributed by atoms with Gasteiger partial charge in [-0.2, -0.15) is 0 Å². The zero-order chi connectivity index (χ0) is 9.84. The molecule has 0 fully saturated rings. The fourth-order valence-corrected chi connectivity index (χ4v) is 1.62. The summed E-state index contributed by atoms with van der Waals surface area (Å²) < 4.78 is 18.0. The van der Waals surface area contributed by atoms with Crippen molar-refractivity contribution in [3.05, 3.63) is 33.1 Å². The Balaban J connectivity index is 2.90.